The molecule has 0 aliphatic carbocycles. The molecule has 0 fully saturated rings. The summed E-state index contributed by atoms with van der Waals surface area (Å²) in [5.74, 6) is 0.841. The molecule has 1 atom stereocenters. The Morgan fingerprint density at radius 3 is 2.68 bits per heavy atom. The quantitative estimate of drug-likeness (QED) is 0.743. The molecule has 1 unspecified atom stereocenters. The van der Waals surface area contributed by atoms with Gasteiger partial charge in [-0.3, -0.25) is 0 Å². The molecule has 4 nitrogen and oxygen atoms in total. The zero-order valence-corrected chi connectivity index (χ0v) is 12.8. The van der Waals surface area contributed by atoms with Crippen LogP contribution in [0.5, 0.6) is 0 Å². The summed E-state index contributed by atoms with van der Waals surface area (Å²) in [4.78, 5) is 11.0. The van der Waals surface area contributed by atoms with E-state index in [9.17, 15) is 0 Å². The van der Waals surface area contributed by atoms with Gasteiger partial charge in [-0.05, 0) is 52.4 Å². The van der Waals surface area contributed by atoms with Crippen LogP contribution in [-0.2, 0) is 6.54 Å². The van der Waals surface area contributed by atoms with Crippen molar-refractivity contribution < 1.29 is 0 Å². The Hall–Kier alpha value is -1.00. The minimum absolute atomic E-state index is 0.533. The van der Waals surface area contributed by atoms with Gasteiger partial charge in [-0.1, -0.05) is 13.8 Å². The van der Waals surface area contributed by atoms with Gasteiger partial charge in [0, 0.05) is 18.8 Å². The van der Waals surface area contributed by atoms with Crippen molar-refractivity contribution in [2.75, 3.05) is 19.6 Å². The number of nitrogens with one attached hydrogen (secondary N) is 1. The molecule has 0 radical (unpaired) electrons. The first-order valence-electron chi connectivity index (χ1n) is 7.40. The lowest BCUT2D eigenvalue weighted by Gasteiger charge is -2.19. The van der Waals surface area contributed by atoms with Crippen molar-refractivity contribution in [2.24, 2.45) is 0 Å². The van der Waals surface area contributed by atoms with Gasteiger partial charge < -0.3 is 10.2 Å². The van der Waals surface area contributed by atoms with Crippen LogP contribution < -0.4 is 5.32 Å². The van der Waals surface area contributed by atoms with E-state index < -0.39 is 0 Å². The molecule has 1 heterocycles. The van der Waals surface area contributed by atoms with Gasteiger partial charge >= 0.3 is 0 Å². The number of aromatic nitrogens is 2. The summed E-state index contributed by atoms with van der Waals surface area (Å²) in [5.41, 5.74) is 1.07. The van der Waals surface area contributed by atoms with Crippen molar-refractivity contribution in [3.63, 3.8) is 0 Å². The molecule has 0 aliphatic rings. The molecule has 4 heteroatoms. The van der Waals surface area contributed by atoms with Gasteiger partial charge in [-0.2, -0.15) is 0 Å². The molecular weight excluding hydrogens is 236 g/mol. The lowest BCUT2D eigenvalue weighted by Crippen LogP contribution is -2.29. The highest BCUT2D eigenvalue weighted by atomic mass is 15.1. The maximum Gasteiger partial charge on any atom is 0.125 e. The SMILES string of the molecule is CCN(CC)CCCC(C)NCc1ccnc(C)n1. The largest absolute Gasteiger partial charge is 0.309 e. The van der Waals surface area contributed by atoms with Crippen LogP contribution in [0.1, 0.15) is 45.1 Å². The summed E-state index contributed by atoms with van der Waals surface area (Å²) in [6, 6.07) is 2.51. The molecule has 19 heavy (non-hydrogen) atoms. The number of hydrogen-bond donors (Lipinski definition) is 1. The molecule has 108 valence electrons. The standard InChI is InChI=1S/C15H28N4/c1-5-19(6-2)11-7-8-13(3)17-12-15-9-10-16-14(4)18-15/h9-10,13,17H,5-8,11-12H2,1-4H3. The number of rotatable bonds is 9. The average Bonchev–Trinajstić information content (AvgIpc) is 2.41. The van der Waals surface area contributed by atoms with Gasteiger partial charge in [-0.15, -0.1) is 0 Å². The zero-order chi connectivity index (χ0) is 14.1. The van der Waals surface area contributed by atoms with E-state index in [0.717, 1.165) is 31.2 Å². The molecule has 1 rings (SSSR count). The first-order valence-corrected chi connectivity index (χ1v) is 7.40. The fourth-order valence-corrected chi connectivity index (χ4v) is 2.15. The van der Waals surface area contributed by atoms with E-state index in [0.29, 0.717) is 6.04 Å². The van der Waals surface area contributed by atoms with Gasteiger partial charge in [0.05, 0.1) is 5.69 Å². The first-order chi connectivity index (χ1) is 9.15. The Kier molecular flexibility index (Phi) is 7.60. The van der Waals surface area contributed by atoms with Crippen LogP contribution in [0.4, 0.5) is 0 Å². The first kappa shape index (κ1) is 16.1. The van der Waals surface area contributed by atoms with Gasteiger partial charge in [0.15, 0.2) is 0 Å². The second kappa shape index (κ2) is 8.99. The van der Waals surface area contributed by atoms with Crippen LogP contribution >= 0.6 is 0 Å². The summed E-state index contributed by atoms with van der Waals surface area (Å²) in [6.45, 7) is 13.0. The van der Waals surface area contributed by atoms with E-state index in [2.05, 4.69) is 41.0 Å². The second-order valence-electron chi connectivity index (χ2n) is 5.05. The average molecular weight is 264 g/mol. The van der Waals surface area contributed by atoms with Crippen LogP contribution in [0, 0.1) is 6.92 Å². The maximum absolute atomic E-state index is 4.40. The van der Waals surface area contributed by atoms with Crippen LogP contribution in [0.3, 0.4) is 0 Å². The molecule has 0 aliphatic heterocycles. The van der Waals surface area contributed by atoms with Gasteiger partial charge in [0.1, 0.15) is 5.82 Å². The van der Waals surface area contributed by atoms with E-state index in [1.807, 2.05) is 19.2 Å². The summed E-state index contributed by atoms with van der Waals surface area (Å²) in [5, 5.41) is 3.53. The van der Waals surface area contributed by atoms with Gasteiger partial charge in [0.2, 0.25) is 0 Å². The van der Waals surface area contributed by atoms with Crippen molar-refractivity contribution >= 4 is 0 Å². The van der Waals surface area contributed by atoms with Crippen LogP contribution in [0.15, 0.2) is 12.3 Å². The zero-order valence-electron chi connectivity index (χ0n) is 12.8. The molecular formula is C15H28N4. The van der Waals surface area contributed by atoms with Crippen LogP contribution in [0.2, 0.25) is 0 Å². The molecule has 0 bridgehead atoms. The molecule has 1 aromatic heterocycles. The lowest BCUT2D eigenvalue weighted by molar-refractivity contribution is 0.290. The summed E-state index contributed by atoms with van der Waals surface area (Å²) in [7, 11) is 0. The fraction of sp³-hybridized carbons (Fsp3) is 0.733. The summed E-state index contributed by atoms with van der Waals surface area (Å²) in [6.07, 6.45) is 4.28. The van der Waals surface area contributed by atoms with Crippen molar-refractivity contribution in [3.05, 3.63) is 23.8 Å². The molecule has 1 N–H and O–H groups in total. The Morgan fingerprint density at radius 2 is 2.05 bits per heavy atom. The monoisotopic (exact) mass is 264 g/mol. The molecule has 0 amide bonds. The fourth-order valence-electron chi connectivity index (χ4n) is 2.15. The van der Waals surface area contributed by atoms with Crippen molar-refractivity contribution in [3.8, 4) is 0 Å². The van der Waals surface area contributed by atoms with E-state index >= 15 is 0 Å². The Balaban J connectivity index is 2.19. The minimum Gasteiger partial charge on any atom is -0.309 e. The summed E-state index contributed by atoms with van der Waals surface area (Å²) < 4.78 is 0. The van der Waals surface area contributed by atoms with Crippen LogP contribution in [-0.4, -0.2) is 40.5 Å². The third kappa shape index (κ3) is 6.64. The van der Waals surface area contributed by atoms with E-state index in [-0.39, 0.29) is 0 Å². The predicted octanol–water partition coefficient (Wildman–Crippen LogP) is 2.39. The highest BCUT2D eigenvalue weighted by molar-refractivity contribution is 5.01. The Morgan fingerprint density at radius 1 is 1.32 bits per heavy atom. The molecule has 0 saturated heterocycles. The highest BCUT2D eigenvalue weighted by Crippen LogP contribution is 2.01. The third-order valence-electron chi connectivity index (χ3n) is 3.47. The minimum atomic E-state index is 0.533. The smallest absolute Gasteiger partial charge is 0.125 e. The third-order valence-corrected chi connectivity index (χ3v) is 3.47. The Labute approximate surface area is 117 Å². The second-order valence-corrected chi connectivity index (χ2v) is 5.05. The topological polar surface area (TPSA) is 41.0 Å². The molecule has 0 aromatic carbocycles. The van der Waals surface area contributed by atoms with E-state index in [1.54, 1.807) is 0 Å². The number of hydrogen-bond acceptors (Lipinski definition) is 4. The van der Waals surface area contributed by atoms with Gasteiger partial charge in [0.25, 0.3) is 0 Å². The van der Waals surface area contributed by atoms with E-state index in [1.165, 1.54) is 19.4 Å². The number of aryl methyl sites for hydroxylation is 1. The van der Waals surface area contributed by atoms with Gasteiger partial charge in [-0.25, -0.2) is 9.97 Å². The highest BCUT2D eigenvalue weighted by Gasteiger charge is 2.04. The van der Waals surface area contributed by atoms with Crippen molar-refractivity contribution in [2.45, 2.75) is 53.1 Å². The van der Waals surface area contributed by atoms with Crippen molar-refractivity contribution in [1.29, 1.82) is 0 Å². The molecule has 1 aromatic rings. The molecule has 0 saturated carbocycles. The lowest BCUT2D eigenvalue weighted by atomic mass is 10.1. The van der Waals surface area contributed by atoms with Crippen molar-refractivity contribution in [1.82, 2.24) is 20.2 Å². The van der Waals surface area contributed by atoms with E-state index in [4.69, 9.17) is 0 Å². The molecule has 0 spiro atoms. The predicted molar refractivity (Wildman–Crippen MR) is 80.1 cm³/mol. The maximum atomic E-state index is 4.40. The number of nitrogens with zero attached hydrogens (tertiary/aromatic N) is 3. The Bertz CT molecular complexity index is 350. The van der Waals surface area contributed by atoms with Crippen LogP contribution in [0.25, 0.3) is 0 Å². The summed E-state index contributed by atoms with van der Waals surface area (Å²) >= 11 is 0. The normalized spacial score (nSPS) is 12.9.